The van der Waals surface area contributed by atoms with Gasteiger partial charge >= 0.3 is 0 Å². The molecule has 2 heterocycles. The zero-order valence-electron chi connectivity index (χ0n) is 12.4. The van der Waals surface area contributed by atoms with Crippen LogP contribution in [0, 0.1) is 5.92 Å². The molecule has 0 spiro atoms. The summed E-state index contributed by atoms with van der Waals surface area (Å²) >= 11 is 1.38. The average Bonchev–Trinajstić information content (AvgIpc) is 3.00. The van der Waals surface area contributed by atoms with Gasteiger partial charge in [-0.15, -0.1) is 23.7 Å². The van der Waals surface area contributed by atoms with Crippen LogP contribution in [0.5, 0.6) is 0 Å². The van der Waals surface area contributed by atoms with Crippen molar-refractivity contribution in [2.24, 2.45) is 5.92 Å². The van der Waals surface area contributed by atoms with Gasteiger partial charge in [-0.05, 0) is 29.6 Å². The monoisotopic (exact) mass is 351 g/mol. The first-order valence-electron chi connectivity index (χ1n) is 7.16. The highest BCUT2D eigenvalue weighted by Gasteiger charge is 2.17. The van der Waals surface area contributed by atoms with Gasteiger partial charge in [0.15, 0.2) is 0 Å². The molecule has 3 N–H and O–H groups in total. The van der Waals surface area contributed by atoms with Crippen molar-refractivity contribution in [1.29, 1.82) is 0 Å². The third-order valence-electron chi connectivity index (χ3n) is 3.54. The quantitative estimate of drug-likeness (QED) is 0.774. The molecule has 0 bridgehead atoms. The molecule has 1 aromatic heterocycles. The summed E-state index contributed by atoms with van der Waals surface area (Å²) in [5, 5.41) is 10.8. The number of thiophene rings is 1. The summed E-state index contributed by atoms with van der Waals surface area (Å²) in [7, 11) is 0. The van der Waals surface area contributed by atoms with Crippen LogP contribution in [0.25, 0.3) is 0 Å². The molecular formula is C16H18ClN3O2S. The molecule has 1 aliphatic heterocycles. The van der Waals surface area contributed by atoms with Crippen LogP contribution in [0.1, 0.15) is 20.0 Å². The van der Waals surface area contributed by atoms with E-state index in [0.29, 0.717) is 28.6 Å². The summed E-state index contributed by atoms with van der Waals surface area (Å²) in [5.74, 6) is 0.248. The minimum Gasteiger partial charge on any atom is -0.352 e. The number of hydrogen-bond donors (Lipinski definition) is 3. The van der Waals surface area contributed by atoms with Gasteiger partial charge in [-0.3, -0.25) is 9.59 Å². The lowest BCUT2D eigenvalue weighted by atomic mass is 10.0. The summed E-state index contributed by atoms with van der Waals surface area (Å²) in [4.78, 5) is 24.8. The minimum atomic E-state index is -0.159. The third-order valence-corrected chi connectivity index (χ3v) is 4.41. The number of anilines is 1. The number of halogens is 1. The van der Waals surface area contributed by atoms with E-state index in [9.17, 15) is 9.59 Å². The van der Waals surface area contributed by atoms with Crippen LogP contribution in [0.4, 0.5) is 5.69 Å². The van der Waals surface area contributed by atoms with Gasteiger partial charge in [-0.2, -0.15) is 0 Å². The van der Waals surface area contributed by atoms with Gasteiger partial charge in [-0.25, -0.2) is 0 Å². The lowest BCUT2D eigenvalue weighted by Crippen LogP contribution is -2.48. The van der Waals surface area contributed by atoms with Crippen molar-refractivity contribution in [3.63, 3.8) is 0 Å². The summed E-state index contributed by atoms with van der Waals surface area (Å²) < 4.78 is 0. The predicted octanol–water partition coefficient (Wildman–Crippen LogP) is 2.37. The summed E-state index contributed by atoms with van der Waals surface area (Å²) in [6.45, 7) is 2.59. The van der Waals surface area contributed by atoms with Crippen LogP contribution in [0.3, 0.4) is 0 Å². The first kappa shape index (κ1) is 17.5. The highest BCUT2D eigenvalue weighted by molar-refractivity contribution is 7.12. The fourth-order valence-corrected chi connectivity index (χ4v) is 2.79. The first-order valence-corrected chi connectivity index (χ1v) is 8.04. The second kappa shape index (κ2) is 8.10. The Morgan fingerprint density at radius 1 is 1.17 bits per heavy atom. The molecule has 3 rings (SSSR count). The van der Waals surface area contributed by atoms with Crippen LogP contribution >= 0.6 is 23.7 Å². The Hall–Kier alpha value is -1.89. The van der Waals surface area contributed by atoms with E-state index in [0.717, 1.165) is 13.1 Å². The molecule has 1 aromatic carbocycles. The molecule has 0 unspecified atom stereocenters. The Morgan fingerprint density at radius 3 is 2.65 bits per heavy atom. The molecular weight excluding hydrogens is 334 g/mol. The fourth-order valence-electron chi connectivity index (χ4n) is 2.17. The third kappa shape index (κ3) is 4.54. The SMILES string of the molecule is Cl.O=C(NCC1CNC1)c1cccc(NC(=O)c2cccs2)c1. The normalized spacial score (nSPS) is 13.6. The number of nitrogens with one attached hydrogen (secondary N) is 3. The zero-order valence-corrected chi connectivity index (χ0v) is 14.0. The molecule has 7 heteroatoms. The Bertz CT molecular complexity index is 672. The second-order valence-electron chi connectivity index (χ2n) is 5.25. The largest absolute Gasteiger partial charge is 0.352 e. The summed E-state index contributed by atoms with van der Waals surface area (Å²) in [6, 6.07) is 10.6. The lowest BCUT2D eigenvalue weighted by molar-refractivity contribution is 0.0941. The molecule has 0 saturated carbocycles. The van der Waals surface area contributed by atoms with Crippen LogP contribution in [0.2, 0.25) is 0 Å². The van der Waals surface area contributed by atoms with Gasteiger partial charge in [0.05, 0.1) is 4.88 Å². The molecule has 0 radical (unpaired) electrons. The predicted molar refractivity (Wildman–Crippen MR) is 94.7 cm³/mol. The molecule has 1 aliphatic rings. The van der Waals surface area contributed by atoms with Crippen molar-refractivity contribution in [1.82, 2.24) is 10.6 Å². The van der Waals surface area contributed by atoms with E-state index in [1.54, 1.807) is 30.3 Å². The Balaban J connectivity index is 0.00000192. The highest BCUT2D eigenvalue weighted by Crippen LogP contribution is 2.15. The topological polar surface area (TPSA) is 70.2 Å². The van der Waals surface area contributed by atoms with Gasteiger partial charge in [0.2, 0.25) is 0 Å². The molecule has 0 atom stereocenters. The van der Waals surface area contributed by atoms with Gasteiger partial charge in [0.1, 0.15) is 0 Å². The molecule has 2 amide bonds. The van der Waals surface area contributed by atoms with E-state index < -0.39 is 0 Å². The van der Waals surface area contributed by atoms with E-state index >= 15 is 0 Å². The van der Waals surface area contributed by atoms with E-state index in [2.05, 4.69) is 16.0 Å². The van der Waals surface area contributed by atoms with Crippen LogP contribution in [-0.2, 0) is 0 Å². The Morgan fingerprint density at radius 2 is 2.00 bits per heavy atom. The number of amides is 2. The van der Waals surface area contributed by atoms with E-state index in [-0.39, 0.29) is 24.2 Å². The Labute approximate surface area is 144 Å². The van der Waals surface area contributed by atoms with Crippen molar-refractivity contribution in [3.8, 4) is 0 Å². The summed E-state index contributed by atoms with van der Waals surface area (Å²) in [5.41, 5.74) is 1.17. The number of rotatable bonds is 5. The lowest BCUT2D eigenvalue weighted by Gasteiger charge is -2.27. The van der Waals surface area contributed by atoms with Crippen LogP contribution in [0.15, 0.2) is 41.8 Å². The molecule has 23 heavy (non-hydrogen) atoms. The van der Waals surface area contributed by atoms with Crippen molar-refractivity contribution in [3.05, 3.63) is 52.2 Å². The first-order chi connectivity index (χ1) is 10.7. The maximum Gasteiger partial charge on any atom is 0.265 e. The van der Waals surface area contributed by atoms with Gasteiger partial charge in [0, 0.05) is 36.8 Å². The van der Waals surface area contributed by atoms with E-state index in [1.807, 2.05) is 11.4 Å². The number of benzene rings is 1. The number of carbonyl (C=O) groups excluding carboxylic acids is 2. The zero-order chi connectivity index (χ0) is 15.4. The minimum absolute atomic E-state index is 0. The van der Waals surface area contributed by atoms with Crippen LogP contribution in [-0.4, -0.2) is 31.4 Å². The standard InChI is InChI=1S/C16H17N3O2S.ClH/c20-15(18-10-11-8-17-9-11)12-3-1-4-13(7-12)19-16(21)14-5-2-6-22-14;/h1-7,11,17H,8-10H2,(H,18,20)(H,19,21);1H. The number of carbonyl (C=O) groups is 2. The average molecular weight is 352 g/mol. The van der Waals surface area contributed by atoms with Crippen molar-refractivity contribution in [2.75, 3.05) is 25.0 Å². The maximum absolute atomic E-state index is 12.1. The molecule has 2 aromatic rings. The molecule has 1 saturated heterocycles. The van der Waals surface area contributed by atoms with Crippen molar-refractivity contribution in [2.45, 2.75) is 0 Å². The van der Waals surface area contributed by atoms with Gasteiger partial charge in [-0.1, -0.05) is 12.1 Å². The van der Waals surface area contributed by atoms with Crippen molar-refractivity contribution >= 4 is 41.2 Å². The highest BCUT2D eigenvalue weighted by atomic mass is 35.5. The van der Waals surface area contributed by atoms with E-state index in [4.69, 9.17) is 0 Å². The molecule has 0 aliphatic carbocycles. The fraction of sp³-hybridized carbons (Fsp3) is 0.250. The smallest absolute Gasteiger partial charge is 0.265 e. The van der Waals surface area contributed by atoms with Gasteiger partial charge < -0.3 is 16.0 Å². The second-order valence-corrected chi connectivity index (χ2v) is 6.19. The summed E-state index contributed by atoms with van der Waals surface area (Å²) in [6.07, 6.45) is 0. The molecule has 5 nitrogen and oxygen atoms in total. The van der Waals surface area contributed by atoms with Gasteiger partial charge in [0.25, 0.3) is 11.8 Å². The van der Waals surface area contributed by atoms with Crippen molar-refractivity contribution < 1.29 is 9.59 Å². The van der Waals surface area contributed by atoms with E-state index in [1.165, 1.54) is 11.3 Å². The maximum atomic E-state index is 12.1. The molecule has 122 valence electrons. The molecule has 1 fully saturated rings. The van der Waals surface area contributed by atoms with Crippen LogP contribution < -0.4 is 16.0 Å². The Kier molecular flexibility index (Phi) is 6.15. The number of hydrogen-bond acceptors (Lipinski definition) is 4.